The third-order valence-electron chi connectivity index (χ3n) is 0. The molecule has 0 nitrogen and oxygen atoms in total. The minimum Gasteiger partial charge on any atom is 0 e. The van der Waals surface area contributed by atoms with Crippen LogP contribution in [-0.4, -0.2) is 11.0 Å². The van der Waals surface area contributed by atoms with Crippen molar-refractivity contribution in [1.29, 1.82) is 0 Å². The minimum absolute atomic E-state index is 0. The molecule has 0 aromatic heterocycles. The fraction of sp³-hybridized carbons (Fsp3) is 0. The summed E-state index contributed by atoms with van der Waals surface area (Å²) in [4.78, 5) is 0. The summed E-state index contributed by atoms with van der Waals surface area (Å²) in [6.07, 6.45) is 0. The molecule has 0 saturated heterocycles. The van der Waals surface area contributed by atoms with Crippen molar-refractivity contribution in [1.82, 2.24) is 0 Å². The molecule has 0 aromatic rings. The molecule has 0 saturated carbocycles. The Morgan fingerprint density at radius 2 is 1.00 bits per heavy atom. The van der Waals surface area contributed by atoms with Crippen molar-refractivity contribution in [2.75, 3.05) is 0 Å². The predicted octanol–water partition coefficient (Wildman–Crippen LogP) is -0.388. The average molecular weight is 248 g/mol. The standard InChI is InChI=1S/Cu.Si.Zn.Zr. The molecule has 0 atom stereocenters. The van der Waals surface area contributed by atoms with Crippen molar-refractivity contribution in [3.63, 3.8) is 0 Å². The van der Waals surface area contributed by atoms with E-state index in [1.807, 2.05) is 0 Å². The summed E-state index contributed by atoms with van der Waals surface area (Å²) in [6, 6.07) is 0. The van der Waals surface area contributed by atoms with E-state index >= 15 is 0 Å². The first-order valence-electron chi connectivity index (χ1n) is 0. The van der Waals surface area contributed by atoms with Gasteiger partial charge >= 0.3 is 0 Å². The largest absolute Gasteiger partial charge is 0 e. The molecule has 0 aliphatic rings. The monoisotopic (exact) mass is 245 g/mol. The van der Waals surface area contributed by atoms with E-state index in [0.717, 1.165) is 0 Å². The minimum atomic E-state index is 0. The van der Waals surface area contributed by atoms with Crippen LogP contribution in [0.4, 0.5) is 0 Å². The zero-order valence-electron chi connectivity index (χ0n) is 2.01. The second-order valence-corrected chi connectivity index (χ2v) is 0. The Hall–Kier alpha value is 2.24. The Bertz CT molecular complexity index is 8.00. The van der Waals surface area contributed by atoms with Gasteiger partial charge in [0.25, 0.3) is 0 Å². The van der Waals surface area contributed by atoms with Gasteiger partial charge in [0, 0.05) is 73.7 Å². The summed E-state index contributed by atoms with van der Waals surface area (Å²) in [5.74, 6) is 0. The molecular formula is CuSiZnZr. The van der Waals surface area contributed by atoms with Crippen LogP contribution >= 0.6 is 0 Å². The smallest absolute Gasteiger partial charge is 0 e. The average Bonchev–Trinajstić information content (AvgIpc) is 0. The normalized spacial score (nSPS) is 0. The van der Waals surface area contributed by atoms with E-state index in [-0.39, 0.29) is 73.7 Å². The molecule has 0 aliphatic carbocycles. The molecule has 0 spiro atoms. The third-order valence-corrected chi connectivity index (χ3v) is 0. The predicted molar refractivity (Wildman–Crippen MR) is 5.75 cm³/mol. The molecule has 0 heterocycles. The van der Waals surface area contributed by atoms with E-state index in [1.165, 1.54) is 0 Å². The summed E-state index contributed by atoms with van der Waals surface area (Å²) in [5, 5.41) is 0. The first kappa shape index (κ1) is 34.1. The Morgan fingerprint density at radius 1 is 1.00 bits per heavy atom. The van der Waals surface area contributed by atoms with E-state index in [2.05, 4.69) is 0 Å². The van der Waals surface area contributed by atoms with Crippen LogP contribution in [0.15, 0.2) is 0 Å². The molecule has 0 aliphatic heterocycles. The molecule has 21 valence electrons. The van der Waals surface area contributed by atoms with Crippen LogP contribution in [-0.2, 0) is 62.8 Å². The van der Waals surface area contributed by atoms with Gasteiger partial charge in [-0.2, -0.15) is 0 Å². The van der Waals surface area contributed by atoms with Crippen molar-refractivity contribution in [3.8, 4) is 0 Å². The molecule has 0 rings (SSSR count). The third kappa shape index (κ3) is 8.87. The van der Waals surface area contributed by atoms with Crippen LogP contribution in [0.5, 0.6) is 0 Å². The van der Waals surface area contributed by atoms with Gasteiger partial charge in [0.15, 0.2) is 0 Å². The van der Waals surface area contributed by atoms with Crippen molar-refractivity contribution < 1.29 is 62.8 Å². The van der Waals surface area contributed by atoms with Gasteiger partial charge < -0.3 is 0 Å². The van der Waals surface area contributed by atoms with Gasteiger partial charge in [-0.15, -0.1) is 0 Å². The van der Waals surface area contributed by atoms with Gasteiger partial charge in [0.1, 0.15) is 0 Å². The summed E-state index contributed by atoms with van der Waals surface area (Å²) in [6.45, 7) is 0. The summed E-state index contributed by atoms with van der Waals surface area (Å²) in [5.41, 5.74) is 0. The van der Waals surface area contributed by atoms with Gasteiger partial charge in [0.05, 0.1) is 0 Å². The first-order valence-corrected chi connectivity index (χ1v) is 0. The van der Waals surface area contributed by atoms with E-state index in [9.17, 15) is 0 Å². The van der Waals surface area contributed by atoms with Gasteiger partial charge in [0.2, 0.25) is 0 Å². The van der Waals surface area contributed by atoms with Crippen LogP contribution in [0, 0.1) is 0 Å². The van der Waals surface area contributed by atoms with E-state index < -0.39 is 0 Å². The van der Waals surface area contributed by atoms with Crippen molar-refractivity contribution in [3.05, 3.63) is 0 Å². The molecule has 4 heavy (non-hydrogen) atoms. The van der Waals surface area contributed by atoms with E-state index in [1.54, 1.807) is 0 Å². The fourth-order valence-corrected chi connectivity index (χ4v) is 0. The Morgan fingerprint density at radius 3 is 1.00 bits per heavy atom. The Balaban J connectivity index is 0. The second kappa shape index (κ2) is 18.8. The van der Waals surface area contributed by atoms with Gasteiger partial charge in [-0.1, -0.05) is 0 Å². The van der Waals surface area contributed by atoms with Crippen molar-refractivity contribution >= 4 is 11.0 Å². The summed E-state index contributed by atoms with van der Waals surface area (Å²) < 4.78 is 0. The molecule has 0 bridgehead atoms. The molecular weight excluding hydrogens is 248 g/mol. The van der Waals surface area contributed by atoms with Crippen LogP contribution in [0.1, 0.15) is 0 Å². The molecule has 0 unspecified atom stereocenters. The SMILES string of the molecule is [Cu].[Si].[Zn].[Zr]. The van der Waals surface area contributed by atoms with Gasteiger partial charge in [-0.25, -0.2) is 0 Å². The van der Waals surface area contributed by atoms with Crippen LogP contribution in [0.2, 0.25) is 0 Å². The van der Waals surface area contributed by atoms with Crippen molar-refractivity contribution in [2.24, 2.45) is 0 Å². The topological polar surface area (TPSA) is 0 Å². The fourth-order valence-electron chi connectivity index (χ4n) is 0. The van der Waals surface area contributed by atoms with Crippen molar-refractivity contribution in [2.45, 2.75) is 0 Å². The quantitative estimate of drug-likeness (QED) is 0.512. The number of hydrogen-bond acceptors (Lipinski definition) is 0. The Kier molecular flexibility index (Phi) is 160. The molecule has 0 amide bonds. The summed E-state index contributed by atoms with van der Waals surface area (Å²) in [7, 11) is 0. The molecule has 4 heteroatoms. The maximum Gasteiger partial charge on any atom is 0 e. The molecule has 0 N–H and O–H groups in total. The first-order chi connectivity index (χ1) is 0. The van der Waals surface area contributed by atoms with Crippen LogP contribution in [0.25, 0.3) is 0 Å². The molecule has 0 fully saturated rings. The molecule has 0 aromatic carbocycles. The molecule has 5 radical (unpaired) electrons. The maximum absolute atomic E-state index is 0. The number of rotatable bonds is 0. The van der Waals surface area contributed by atoms with Gasteiger partial charge in [-0.05, 0) is 0 Å². The van der Waals surface area contributed by atoms with E-state index in [4.69, 9.17) is 0 Å². The Labute approximate surface area is 72.9 Å². The zero-order chi connectivity index (χ0) is 0. The van der Waals surface area contributed by atoms with Crippen LogP contribution in [0.3, 0.4) is 0 Å². The zero-order valence-corrected chi connectivity index (χ0v) is 9.38. The van der Waals surface area contributed by atoms with Gasteiger partial charge in [-0.3, -0.25) is 0 Å². The number of hydrogen-bond donors (Lipinski definition) is 0. The maximum atomic E-state index is 0. The van der Waals surface area contributed by atoms with E-state index in [0.29, 0.717) is 0 Å². The van der Waals surface area contributed by atoms with Crippen LogP contribution < -0.4 is 0 Å². The summed E-state index contributed by atoms with van der Waals surface area (Å²) >= 11 is 0. The second-order valence-electron chi connectivity index (χ2n) is 0.